The lowest BCUT2D eigenvalue weighted by Gasteiger charge is -2.25. The van der Waals surface area contributed by atoms with Crippen LogP contribution in [0.5, 0.6) is 0 Å². The number of hydrogen-bond acceptors (Lipinski definition) is 3. The van der Waals surface area contributed by atoms with E-state index in [1.54, 1.807) is 0 Å². The molecule has 2 rings (SSSR count). The molecule has 0 spiro atoms. The Morgan fingerprint density at radius 2 is 1.82 bits per heavy atom. The van der Waals surface area contributed by atoms with Gasteiger partial charge >= 0.3 is 0 Å². The Morgan fingerprint density at radius 3 is 2.32 bits per heavy atom. The zero-order valence-corrected chi connectivity index (χ0v) is 14.7. The van der Waals surface area contributed by atoms with Gasteiger partial charge in [-0.25, -0.2) is 4.68 Å². The second-order valence-corrected chi connectivity index (χ2v) is 8.12. The number of aromatic nitrogens is 2. The topological polar surface area (TPSA) is 56.1 Å². The van der Waals surface area contributed by atoms with Crippen LogP contribution in [-0.4, -0.2) is 28.9 Å². The Labute approximate surface area is 133 Å². The van der Waals surface area contributed by atoms with Crippen molar-refractivity contribution in [3.63, 3.8) is 0 Å². The van der Waals surface area contributed by atoms with E-state index in [1.165, 1.54) is 0 Å². The second-order valence-electron chi connectivity index (χ2n) is 8.12. The summed E-state index contributed by atoms with van der Waals surface area (Å²) in [5.41, 5.74) is 0.765. The molecule has 0 aliphatic carbocycles. The van der Waals surface area contributed by atoms with E-state index in [0.29, 0.717) is 13.2 Å². The Bertz CT molecular complexity index is 529. The molecule has 22 heavy (non-hydrogen) atoms. The summed E-state index contributed by atoms with van der Waals surface area (Å²) in [5.74, 6) is 0.901. The molecule has 0 atom stereocenters. The van der Waals surface area contributed by atoms with E-state index >= 15 is 0 Å². The van der Waals surface area contributed by atoms with Crippen LogP contribution in [0.4, 0.5) is 5.82 Å². The molecule has 1 fully saturated rings. The molecule has 1 saturated heterocycles. The largest absolute Gasteiger partial charge is 0.381 e. The van der Waals surface area contributed by atoms with E-state index in [2.05, 4.69) is 46.9 Å². The maximum Gasteiger partial charge on any atom is 0.228 e. The minimum atomic E-state index is -0.179. The first-order valence-corrected chi connectivity index (χ1v) is 8.08. The fourth-order valence-corrected chi connectivity index (χ4v) is 2.54. The van der Waals surface area contributed by atoms with E-state index in [0.717, 1.165) is 24.4 Å². The third-order valence-electron chi connectivity index (χ3n) is 3.96. The molecular formula is C17H29N3O2. The molecule has 0 bridgehead atoms. The SMILES string of the molecule is CC(C)(C)c1cc(NC(=O)C2CCOCC2)n(C(C)(C)C)n1. The van der Waals surface area contributed by atoms with E-state index in [9.17, 15) is 4.79 Å². The van der Waals surface area contributed by atoms with Crippen LogP contribution in [0.1, 0.15) is 60.1 Å². The molecule has 1 N–H and O–H groups in total. The van der Waals surface area contributed by atoms with E-state index < -0.39 is 0 Å². The van der Waals surface area contributed by atoms with Gasteiger partial charge in [-0.2, -0.15) is 5.10 Å². The van der Waals surface area contributed by atoms with E-state index in [4.69, 9.17) is 9.84 Å². The second kappa shape index (κ2) is 6.03. The minimum absolute atomic E-state index is 0.0372. The molecule has 0 unspecified atom stereocenters. The highest BCUT2D eigenvalue weighted by molar-refractivity contribution is 5.92. The number of anilines is 1. The van der Waals surface area contributed by atoms with Gasteiger partial charge in [0.15, 0.2) is 0 Å². The monoisotopic (exact) mass is 307 g/mol. The van der Waals surface area contributed by atoms with Crippen LogP contribution in [0, 0.1) is 5.92 Å². The molecule has 1 aliphatic rings. The van der Waals surface area contributed by atoms with Crippen LogP contribution in [0.2, 0.25) is 0 Å². The van der Waals surface area contributed by atoms with Crippen LogP contribution in [0.15, 0.2) is 6.07 Å². The zero-order valence-electron chi connectivity index (χ0n) is 14.7. The maximum atomic E-state index is 12.5. The van der Waals surface area contributed by atoms with Gasteiger partial charge in [0.05, 0.1) is 11.2 Å². The summed E-state index contributed by atoms with van der Waals surface area (Å²) in [5, 5.41) is 7.81. The molecule has 1 aromatic rings. The number of carbonyl (C=O) groups is 1. The van der Waals surface area contributed by atoms with E-state index in [-0.39, 0.29) is 22.8 Å². The van der Waals surface area contributed by atoms with Gasteiger partial charge in [-0.15, -0.1) is 0 Å². The number of ether oxygens (including phenoxy) is 1. The van der Waals surface area contributed by atoms with Crippen molar-refractivity contribution < 1.29 is 9.53 Å². The Kier molecular flexibility index (Phi) is 4.66. The fraction of sp³-hybridized carbons (Fsp3) is 0.765. The van der Waals surface area contributed by atoms with E-state index in [1.807, 2.05) is 10.7 Å². The first kappa shape index (κ1) is 17.0. The molecule has 0 radical (unpaired) electrons. The third-order valence-corrected chi connectivity index (χ3v) is 3.96. The van der Waals surface area contributed by atoms with Crippen LogP contribution in [0.3, 0.4) is 0 Å². The van der Waals surface area contributed by atoms with Crippen molar-refractivity contribution in [1.82, 2.24) is 9.78 Å². The first-order chi connectivity index (χ1) is 10.1. The standard InChI is InChI=1S/C17H29N3O2/c1-16(2,3)13-11-14(20(19-13)17(4,5)6)18-15(21)12-7-9-22-10-8-12/h11-12H,7-10H2,1-6H3,(H,18,21). The Balaban J connectivity index is 2.25. The average Bonchev–Trinajstić information content (AvgIpc) is 2.83. The highest BCUT2D eigenvalue weighted by Gasteiger charge is 2.28. The summed E-state index contributed by atoms with van der Waals surface area (Å²) in [6.07, 6.45) is 1.59. The number of nitrogens with one attached hydrogen (secondary N) is 1. The van der Waals surface area contributed by atoms with Crippen molar-refractivity contribution in [3.05, 3.63) is 11.8 Å². The first-order valence-electron chi connectivity index (χ1n) is 8.08. The Morgan fingerprint density at radius 1 is 1.23 bits per heavy atom. The van der Waals surface area contributed by atoms with Crippen LogP contribution in [0.25, 0.3) is 0 Å². The predicted octanol–water partition coefficient (Wildman–Crippen LogP) is 3.30. The molecule has 124 valence electrons. The van der Waals surface area contributed by atoms with Crippen molar-refractivity contribution in [2.75, 3.05) is 18.5 Å². The van der Waals surface area contributed by atoms with Crippen molar-refractivity contribution >= 4 is 11.7 Å². The molecule has 1 amide bonds. The van der Waals surface area contributed by atoms with Crippen LogP contribution >= 0.6 is 0 Å². The highest BCUT2D eigenvalue weighted by atomic mass is 16.5. The van der Waals surface area contributed by atoms with Crippen molar-refractivity contribution in [2.24, 2.45) is 5.92 Å². The third kappa shape index (κ3) is 3.88. The van der Waals surface area contributed by atoms with Gasteiger partial charge in [-0.3, -0.25) is 4.79 Å². The predicted molar refractivity (Wildman–Crippen MR) is 88.1 cm³/mol. The number of carbonyl (C=O) groups excluding carboxylic acids is 1. The summed E-state index contributed by atoms with van der Waals surface area (Å²) >= 11 is 0. The summed E-state index contributed by atoms with van der Waals surface area (Å²) in [7, 11) is 0. The average molecular weight is 307 g/mol. The van der Waals surface area contributed by atoms with Gasteiger partial charge < -0.3 is 10.1 Å². The lowest BCUT2D eigenvalue weighted by atomic mass is 9.92. The van der Waals surface area contributed by atoms with Crippen LogP contribution < -0.4 is 5.32 Å². The smallest absolute Gasteiger partial charge is 0.228 e. The van der Waals surface area contributed by atoms with Gasteiger partial charge in [-0.05, 0) is 33.6 Å². The van der Waals surface area contributed by atoms with Gasteiger partial charge in [0.25, 0.3) is 0 Å². The molecule has 0 saturated carbocycles. The quantitative estimate of drug-likeness (QED) is 0.912. The summed E-state index contributed by atoms with van der Waals surface area (Å²) in [6, 6.07) is 2.00. The molecule has 1 aliphatic heterocycles. The van der Waals surface area contributed by atoms with Gasteiger partial charge in [-0.1, -0.05) is 20.8 Å². The van der Waals surface area contributed by atoms with Crippen molar-refractivity contribution in [2.45, 2.75) is 65.3 Å². The molecule has 0 aromatic carbocycles. The van der Waals surface area contributed by atoms with Gasteiger partial charge in [0.2, 0.25) is 5.91 Å². The fourth-order valence-electron chi connectivity index (χ4n) is 2.54. The number of hydrogen-bond donors (Lipinski definition) is 1. The zero-order chi connectivity index (χ0) is 16.5. The van der Waals surface area contributed by atoms with Crippen molar-refractivity contribution in [1.29, 1.82) is 0 Å². The minimum Gasteiger partial charge on any atom is -0.381 e. The Hall–Kier alpha value is -1.36. The van der Waals surface area contributed by atoms with Gasteiger partial charge in [0.1, 0.15) is 5.82 Å². The van der Waals surface area contributed by atoms with Gasteiger partial charge in [0, 0.05) is 30.6 Å². The molecule has 5 heteroatoms. The number of amides is 1. The van der Waals surface area contributed by atoms with Crippen molar-refractivity contribution in [3.8, 4) is 0 Å². The van der Waals surface area contributed by atoms with Crippen LogP contribution in [-0.2, 0) is 20.5 Å². The number of nitrogens with zero attached hydrogens (tertiary/aromatic N) is 2. The normalized spacial score (nSPS) is 17.5. The number of rotatable bonds is 2. The molecule has 5 nitrogen and oxygen atoms in total. The highest BCUT2D eigenvalue weighted by Crippen LogP contribution is 2.29. The lowest BCUT2D eigenvalue weighted by Crippen LogP contribution is -2.31. The summed E-state index contributed by atoms with van der Waals surface area (Å²) in [6.45, 7) is 14.0. The lowest BCUT2D eigenvalue weighted by molar-refractivity contribution is -0.122. The molecule has 2 heterocycles. The molecular weight excluding hydrogens is 278 g/mol. The summed E-state index contributed by atoms with van der Waals surface area (Å²) in [4.78, 5) is 12.5. The maximum absolute atomic E-state index is 12.5. The summed E-state index contributed by atoms with van der Waals surface area (Å²) < 4.78 is 7.25. The molecule has 1 aromatic heterocycles.